The second kappa shape index (κ2) is 8.82. The molecule has 0 aliphatic carbocycles. The summed E-state index contributed by atoms with van der Waals surface area (Å²) in [6.45, 7) is 3.97. The van der Waals surface area contributed by atoms with Crippen LogP contribution in [0.1, 0.15) is 48.1 Å². The Balaban J connectivity index is 1.45. The number of pyridine rings is 1. The summed E-state index contributed by atoms with van der Waals surface area (Å²) in [6, 6.07) is 13.2. The van der Waals surface area contributed by atoms with E-state index >= 15 is 0 Å². The van der Waals surface area contributed by atoms with Crippen molar-refractivity contribution in [2.24, 2.45) is 0 Å². The molecule has 0 radical (unpaired) electrons. The minimum atomic E-state index is -0.107. The Morgan fingerprint density at radius 3 is 2.55 bits per heavy atom. The predicted octanol–water partition coefficient (Wildman–Crippen LogP) is 4.02. The highest BCUT2D eigenvalue weighted by molar-refractivity contribution is 5.94. The van der Waals surface area contributed by atoms with Crippen molar-refractivity contribution in [1.82, 2.24) is 20.3 Å². The quantitative estimate of drug-likeness (QED) is 0.716. The summed E-state index contributed by atoms with van der Waals surface area (Å²) < 4.78 is 0. The van der Waals surface area contributed by atoms with E-state index in [1.165, 1.54) is 19.3 Å². The van der Waals surface area contributed by atoms with Crippen LogP contribution in [0, 0.1) is 0 Å². The van der Waals surface area contributed by atoms with Crippen LogP contribution in [0.5, 0.6) is 0 Å². The number of hydrogen-bond donors (Lipinski definition) is 1. The van der Waals surface area contributed by atoms with Gasteiger partial charge in [-0.1, -0.05) is 18.2 Å². The summed E-state index contributed by atoms with van der Waals surface area (Å²) in [5.74, 6) is 0.680. The molecule has 0 bridgehead atoms. The number of piperidine rings is 1. The van der Waals surface area contributed by atoms with E-state index in [-0.39, 0.29) is 11.9 Å². The lowest BCUT2D eigenvalue weighted by Crippen LogP contribution is -2.30. The lowest BCUT2D eigenvalue weighted by molar-refractivity contribution is 0.0940. The minimum Gasteiger partial charge on any atom is -0.345 e. The lowest BCUT2D eigenvalue weighted by atomic mass is 10.1. The Bertz CT molecular complexity index is 953. The second-order valence-corrected chi connectivity index (χ2v) is 7.35. The summed E-state index contributed by atoms with van der Waals surface area (Å²) in [4.78, 5) is 28.1. The molecule has 1 atom stereocenters. The van der Waals surface area contributed by atoms with Gasteiger partial charge in [-0.2, -0.15) is 0 Å². The number of benzene rings is 1. The molecule has 6 nitrogen and oxygen atoms in total. The van der Waals surface area contributed by atoms with Crippen LogP contribution in [-0.4, -0.2) is 33.9 Å². The van der Waals surface area contributed by atoms with Crippen molar-refractivity contribution in [3.8, 4) is 11.3 Å². The zero-order valence-electron chi connectivity index (χ0n) is 16.6. The molecular formula is C23H25N5O. The van der Waals surface area contributed by atoms with Gasteiger partial charge in [0.1, 0.15) is 0 Å². The molecular weight excluding hydrogens is 362 g/mol. The van der Waals surface area contributed by atoms with Crippen LogP contribution in [-0.2, 0) is 0 Å². The Labute approximate surface area is 171 Å². The zero-order chi connectivity index (χ0) is 20.1. The largest absolute Gasteiger partial charge is 0.345 e. The second-order valence-electron chi connectivity index (χ2n) is 7.35. The zero-order valence-corrected chi connectivity index (χ0v) is 16.6. The molecule has 3 heterocycles. The van der Waals surface area contributed by atoms with Gasteiger partial charge in [0.15, 0.2) is 0 Å². The van der Waals surface area contributed by atoms with Gasteiger partial charge in [0, 0.05) is 42.8 Å². The van der Waals surface area contributed by atoms with E-state index in [0.29, 0.717) is 5.56 Å². The van der Waals surface area contributed by atoms with Crippen LogP contribution in [0.4, 0.5) is 5.95 Å². The Morgan fingerprint density at radius 1 is 1.03 bits per heavy atom. The fourth-order valence-corrected chi connectivity index (χ4v) is 3.54. The highest BCUT2D eigenvalue weighted by Crippen LogP contribution is 2.22. The molecule has 1 saturated heterocycles. The molecule has 1 aliphatic rings. The summed E-state index contributed by atoms with van der Waals surface area (Å²) in [5, 5.41) is 3.01. The number of carbonyl (C=O) groups is 1. The standard InChI is InChI=1S/C23H25N5O/c1-17(20-6-5-12-24-16-20)26-22(29)19-9-7-18(8-10-19)21-11-13-25-23(27-21)28-14-3-2-4-15-28/h5-13,16-17H,2-4,14-15H2,1H3,(H,26,29). The SMILES string of the molecule is CC(NC(=O)c1ccc(-c2ccnc(N3CCCCC3)n2)cc1)c1cccnc1. The van der Waals surface area contributed by atoms with Crippen molar-refractivity contribution in [3.05, 3.63) is 72.2 Å². The Morgan fingerprint density at radius 2 is 1.83 bits per heavy atom. The lowest BCUT2D eigenvalue weighted by Gasteiger charge is -2.26. The van der Waals surface area contributed by atoms with Gasteiger partial charge < -0.3 is 10.2 Å². The van der Waals surface area contributed by atoms with Crippen molar-refractivity contribution in [1.29, 1.82) is 0 Å². The van der Waals surface area contributed by atoms with Gasteiger partial charge in [-0.15, -0.1) is 0 Å². The monoisotopic (exact) mass is 387 g/mol. The molecule has 2 aromatic heterocycles. The molecule has 3 aromatic rings. The number of aromatic nitrogens is 3. The average Bonchev–Trinajstić information content (AvgIpc) is 2.80. The van der Waals surface area contributed by atoms with E-state index in [1.54, 1.807) is 12.4 Å². The van der Waals surface area contributed by atoms with Crippen molar-refractivity contribution < 1.29 is 4.79 Å². The van der Waals surface area contributed by atoms with Gasteiger partial charge in [0.05, 0.1) is 11.7 Å². The average molecular weight is 387 g/mol. The summed E-state index contributed by atoms with van der Waals surface area (Å²) in [7, 11) is 0. The molecule has 148 valence electrons. The summed E-state index contributed by atoms with van der Waals surface area (Å²) >= 11 is 0. The normalized spacial score (nSPS) is 15.0. The van der Waals surface area contributed by atoms with Gasteiger partial charge in [0.2, 0.25) is 5.95 Å². The first-order valence-electron chi connectivity index (χ1n) is 10.1. The van der Waals surface area contributed by atoms with Gasteiger partial charge in [-0.05, 0) is 56.0 Å². The van der Waals surface area contributed by atoms with Crippen molar-refractivity contribution >= 4 is 11.9 Å². The third-order valence-corrected chi connectivity index (χ3v) is 5.26. The number of rotatable bonds is 5. The molecule has 1 unspecified atom stereocenters. The Hall–Kier alpha value is -3.28. The highest BCUT2D eigenvalue weighted by Gasteiger charge is 2.15. The van der Waals surface area contributed by atoms with Crippen LogP contribution in [0.3, 0.4) is 0 Å². The van der Waals surface area contributed by atoms with Gasteiger partial charge in [-0.3, -0.25) is 9.78 Å². The van der Waals surface area contributed by atoms with Crippen molar-refractivity contribution in [2.75, 3.05) is 18.0 Å². The summed E-state index contributed by atoms with van der Waals surface area (Å²) in [6.07, 6.45) is 8.95. The maximum absolute atomic E-state index is 12.6. The maximum Gasteiger partial charge on any atom is 0.251 e. The first kappa shape index (κ1) is 19.1. The molecule has 1 amide bonds. The van der Waals surface area contributed by atoms with Gasteiger partial charge in [0.25, 0.3) is 5.91 Å². The molecule has 1 aliphatic heterocycles. The number of amides is 1. The highest BCUT2D eigenvalue weighted by atomic mass is 16.1. The van der Waals surface area contributed by atoms with E-state index in [4.69, 9.17) is 4.98 Å². The first-order chi connectivity index (χ1) is 14.2. The van der Waals surface area contributed by atoms with Crippen LogP contribution in [0.25, 0.3) is 11.3 Å². The van der Waals surface area contributed by atoms with Crippen molar-refractivity contribution in [3.63, 3.8) is 0 Å². The molecule has 1 fully saturated rings. The molecule has 1 N–H and O–H groups in total. The van der Waals surface area contributed by atoms with Gasteiger partial charge in [-0.25, -0.2) is 9.97 Å². The fraction of sp³-hybridized carbons (Fsp3) is 0.304. The number of nitrogens with one attached hydrogen (secondary N) is 1. The van der Waals surface area contributed by atoms with Crippen LogP contribution < -0.4 is 10.2 Å². The third kappa shape index (κ3) is 4.59. The van der Waals surface area contributed by atoms with E-state index in [2.05, 4.69) is 20.2 Å². The van der Waals surface area contributed by atoms with Gasteiger partial charge >= 0.3 is 0 Å². The number of anilines is 1. The fourth-order valence-electron chi connectivity index (χ4n) is 3.54. The van der Waals surface area contributed by atoms with Crippen LogP contribution in [0.15, 0.2) is 61.1 Å². The molecule has 0 saturated carbocycles. The minimum absolute atomic E-state index is 0.107. The maximum atomic E-state index is 12.6. The predicted molar refractivity (Wildman–Crippen MR) is 114 cm³/mol. The first-order valence-corrected chi connectivity index (χ1v) is 10.1. The summed E-state index contributed by atoms with van der Waals surface area (Å²) in [5.41, 5.74) is 3.44. The van der Waals surface area contributed by atoms with Crippen LogP contribution >= 0.6 is 0 Å². The molecule has 6 heteroatoms. The Kier molecular flexibility index (Phi) is 5.79. The number of carbonyl (C=O) groups excluding carboxylic acids is 1. The van der Waals surface area contributed by atoms with Crippen LogP contribution in [0.2, 0.25) is 0 Å². The molecule has 4 rings (SSSR count). The third-order valence-electron chi connectivity index (χ3n) is 5.26. The smallest absolute Gasteiger partial charge is 0.251 e. The van der Waals surface area contributed by atoms with Crippen molar-refractivity contribution in [2.45, 2.75) is 32.2 Å². The van der Waals surface area contributed by atoms with E-state index in [9.17, 15) is 4.79 Å². The van der Waals surface area contributed by atoms with E-state index in [0.717, 1.165) is 35.9 Å². The molecule has 0 spiro atoms. The van der Waals surface area contributed by atoms with E-state index < -0.39 is 0 Å². The number of hydrogen-bond acceptors (Lipinski definition) is 5. The number of nitrogens with zero attached hydrogens (tertiary/aromatic N) is 4. The molecule has 29 heavy (non-hydrogen) atoms. The molecule has 1 aromatic carbocycles. The van der Waals surface area contributed by atoms with E-state index in [1.807, 2.05) is 55.6 Å². The topological polar surface area (TPSA) is 71.0 Å².